The molecule has 0 spiro atoms. The predicted octanol–water partition coefficient (Wildman–Crippen LogP) is 3.19. The van der Waals surface area contributed by atoms with Gasteiger partial charge in [0.25, 0.3) is 0 Å². The maximum Gasteiger partial charge on any atom is 0.244 e. The summed E-state index contributed by atoms with van der Waals surface area (Å²) >= 11 is 6.03. The van der Waals surface area contributed by atoms with E-state index in [2.05, 4.69) is 18.9 Å². The van der Waals surface area contributed by atoms with E-state index < -0.39 is 0 Å². The van der Waals surface area contributed by atoms with Gasteiger partial charge >= 0.3 is 0 Å². The second-order valence-electron chi connectivity index (χ2n) is 6.25. The first-order valence-electron chi connectivity index (χ1n) is 7.42. The van der Waals surface area contributed by atoms with Crippen LogP contribution in [-0.4, -0.2) is 33.7 Å². The third-order valence-electron chi connectivity index (χ3n) is 4.11. The Bertz CT molecular complexity index is 657. The summed E-state index contributed by atoms with van der Waals surface area (Å²) in [5, 5.41) is 5.99. The third kappa shape index (κ3) is 3.05. The molecule has 112 valence electrons. The normalized spacial score (nSPS) is 22.7. The maximum absolute atomic E-state index is 12.5. The van der Waals surface area contributed by atoms with Gasteiger partial charge < -0.3 is 4.90 Å². The highest BCUT2D eigenvalue weighted by atomic mass is 35.5. The van der Waals surface area contributed by atoms with E-state index in [9.17, 15) is 4.79 Å². The first-order valence-corrected chi connectivity index (χ1v) is 7.79. The molecule has 1 aromatic carbocycles. The number of fused-ring (bicyclic) bond motifs is 1. The predicted molar refractivity (Wildman–Crippen MR) is 84.3 cm³/mol. The van der Waals surface area contributed by atoms with Crippen molar-refractivity contribution >= 4 is 28.4 Å². The minimum Gasteiger partial charge on any atom is -0.341 e. The molecule has 1 saturated heterocycles. The number of benzene rings is 1. The van der Waals surface area contributed by atoms with Crippen LogP contribution in [0.1, 0.15) is 20.3 Å². The Hall–Kier alpha value is -1.55. The van der Waals surface area contributed by atoms with Crippen molar-refractivity contribution in [2.75, 3.05) is 13.1 Å². The van der Waals surface area contributed by atoms with Crippen LogP contribution in [0.15, 0.2) is 24.4 Å². The van der Waals surface area contributed by atoms with Gasteiger partial charge in [-0.2, -0.15) is 5.10 Å². The Morgan fingerprint density at radius 3 is 2.76 bits per heavy atom. The molecule has 0 N–H and O–H groups in total. The van der Waals surface area contributed by atoms with Crippen molar-refractivity contribution in [3.8, 4) is 0 Å². The topological polar surface area (TPSA) is 38.1 Å². The average molecular weight is 306 g/mol. The molecular formula is C16H20ClN3O. The molecule has 1 aliphatic rings. The molecule has 1 fully saturated rings. The minimum atomic E-state index is 0.137. The van der Waals surface area contributed by atoms with Crippen LogP contribution < -0.4 is 0 Å². The van der Waals surface area contributed by atoms with Gasteiger partial charge in [0.15, 0.2) is 0 Å². The van der Waals surface area contributed by atoms with Crippen LogP contribution in [0.3, 0.4) is 0 Å². The molecule has 2 heterocycles. The smallest absolute Gasteiger partial charge is 0.244 e. The Kier molecular flexibility index (Phi) is 3.89. The molecule has 1 aromatic heterocycles. The lowest BCUT2D eigenvalue weighted by Crippen LogP contribution is -2.44. The minimum absolute atomic E-state index is 0.137. The Balaban J connectivity index is 1.78. The molecule has 3 rings (SSSR count). The molecular weight excluding hydrogens is 286 g/mol. The number of amides is 1. The van der Waals surface area contributed by atoms with Gasteiger partial charge in [-0.15, -0.1) is 0 Å². The standard InChI is InChI=1S/C16H20ClN3O/c1-11-5-12(2)9-19(8-11)16(21)10-20-15-6-14(17)4-3-13(15)7-18-20/h3-4,6-7,11-12H,5,8-10H2,1-2H3/t11-,12-/m0/s1. The van der Waals surface area contributed by atoms with Crippen molar-refractivity contribution in [1.29, 1.82) is 0 Å². The number of rotatable bonds is 2. The molecule has 5 heteroatoms. The largest absolute Gasteiger partial charge is 0.341 e. The van der Waals surface area contributed by atoms with Gasteiger partial charge in [-0.1, -0.05) is 25.4 Å². The van der Waals surface area contributed by atoms with Crippen LogP contribution in [-0.2, 0) is 11.3 Å². The summed E-state index contributed by atoms with van der Waals surface area (Å²) < 4.78 is 1.74. The van der Waals surface area contributed by atoms with E-state index in [1.165, 1.54) is 6.42 Å². The number of likely N-dealkylation sites (tertiary alicyclic amines) is 1. The van der Waals surface area contributed by atoms with Crippen LogP contribution >= 0.6 is 11.6 Å². The van der Waals surface area contributed by atoms with Crippen LogP contribution in [0.4, 0.5) is 0 Å². The van der Waals surface area contributed by atoms with Gasteiger partial charge in [0, 0.05) is 23.5 Å². The first kappa shape index (κ1) is 14.4. The second-order valence-corrected chi connectivity index (χ2v) is 6.69. The number of nitrogens with zero attached hydrogens (tertiary/aromatic N) is 3. The van der Waals surface area contributed by atoms with E-state index >= 15 is 0 Å². The zero-order valence-electron chi connectivity index (χ0n) is 12.4. The lowest BCUT2D eigenvalue weighted by atomic mass is 9.92. The highest BCUT2D eigenvalue weighted by Gasteiger charge is 2.25. The van der Waals surface area contributed by atoms with E-state index in [1.807, 2.05) is 23.1 Å². The second kappa shape index (κ2) is 5.68. The summed E-state index contributed by atoms with van der Waals surface area (Å²) in [7, 11) is 0. The molecule has 0 radical (unpaired) electrons. The lowest BCUT2D eigenvalue weighted by molar-refractivity contribution is -0.134. The summed E-state index contributed by atoms with van der Waals surface area (Å²) in [5.74, 6) is 1.28. The average Bonchev–Trinajstić information content (AvgIpc) is 2.80. The number of piperidine rings is 1. The van der Waals surface area contributed by atoms with Gasteiger partial charge in [0.2, 0.25) is 5.91 Å². The number of carbonyl (C=O) groups is 1. The van der Waals surface area contributed by atoms with Crippen molar-refractivity contribution < 1.29 is 4.79 Å². The van der Waals surface area contributed by atoms with Gasteiger partial charge in [-0.25, -0.2) is 0 Å². The third-order valence-corrected chi connectivity index (χ3v) is 4.35. The Morgan fingerprint density at radius 1 is 1.33 bits per heavy atom. The summed E-state index contributed by atoms with van der Waals surface area (Å²) in [5.41, 5.74) is 0.911. The van der Waals surface area contributed by atoms with Crippen molar-refractivity contribution in [2.45, 2.75) is 26.8 Å². The zero-order valence-corrected chi connectivity index (χ0v) is 13.2. The monoisotopic (exact) mass is 305 g/mol. The molecule has 4 nitrogen and oxygen atoms in total. The van der Waals surface area contributed by atoms with Gasteiger partial charge in [-0.3, -0.25) is 9.48 Å². The molecule has 1 aliphatic heterocycles. The zero-order chi connectivity index (χ0) is 15.0. The molecule has 0 unspecified atom stereocenters. The van der Waals surface area contributed by atoms with Gasteiger partial charge in [0.05, 0.1) is 11.7 Å². The van der Waals surface area contributed by atoms with E-state index in [-0.39, 0.29) is 12.5 Å². The van der Waals surface area contributed by atoms with Crippen LogP contribution in [0.5, 0.6) is 0 Å². The maximum atomic E-state index is 12.5. The lowest BCUT2D eigenvalue weighted by Gasteiger charge is -2.35. The number of carbonyl (C=O) groups excluding carboxylic acids is 1. The molecule has 2 aromatic rings. The van der Waals surface area contributed by atoms with Crippen LogP contribution in [0, 0.1) is 11.8 Å². The van der Waals surface area contributed by atoms with Crippen molar-refractivity contribution in [3.63, 3.8) is 0 Å². The summed E-state index contributed by atoms with van der Waals surface area (Å²) in [4.78, 5) is 14.5. The van der Waals surface area contributed by atoms with Crippen molar-refractivity contribution in [2.24, 2.45) is 11.8 Å². The number of aromatic nitrogens is 2. The molecule has 0 bridgehead atoms. The number of halogens is 1. The fraction of sp³-hybridized carbons (Fsp3) is 0.500. The molecule has 0 saturated carbocycles. The Morgan fingerprint density at radius 2 is 2.05 bits per heavy atom. The molecule has 1 amide bonds. The molecule has 21 heavy (non-hydrogen) atoms. The van der Waals surface area contributed by atoms with E-state index in [1.54, 1.807) is 10.9 Å². The fourth-order valence-corrected chi connectivity index (χ4v) is 3.43. The van der Waals surface area contributed by atoms with E-state index in [0.29, 0.717) is 16.9 Å². The quantitative estimate of drug-likeness (QED) is 0.854. The van der Waals surface area contributed by atoms with Gasteiger partial charge in [-0.05, 0) is 36.5 Å². The van der Waals surface area contributed by atoms with Gasteiger partial charge in [0.1, 0.15) is 6.54 Å². The molecule has 0 aliphatic carbocycles. The highest BCUT2D eigenvalue weighted by molar-refractivity contribution is 6.31. The fourth-order valence-electron chi connectivity index (χ4n) is 3.26. The summed E-state index contributed by atoms with van der Waals surface area (Å²) in [6.07, 6.45) is 2.98. The first-order chi connectivity index (χ1) is 10.0. The molecule has 2 atom stereocenters. The summed E-state index contributed by atoms with van der Waals surface area (Å²) in [6, 6.07) is 5.63. The summed E-state index contributed by atoms with van der Waals surface area (Å²) in [6.45, 7) is 6.40. The van der Waals surface area contributed by atoms with Crippen molar-refractivity contribution in [3.05, 3.63) is 29.4 Å². The van der Waals surface area contributed by atoms with Crippen LogP contribution in [0.25, 0.3) is 10.9 Å². The van der Waals surface area contributed by atoms with E-state index in [0.717, 1.165) is 24.0 Å². The number of hydrogen-bond acceptors (Lipinski definition) is 2. The van der Waals surface area contributed by atoms with Crippen molar-refractivity contribution in [1.82, 2.24) is 14.7 Å². The van der Waals surface area contributed by atoms with Crippen LogP contribution in [0.2, 0.25) is 5.02 Å². The SMILES string of the molecule is C[C@H]1C[C@H](C)CN(C(=O)Cn2ncc3ccc(Cl)cc32)C1. The number of hydrogen-bond donors (Lipinski definition) is 0. The van der Waals surface area contributed by atoms with E-state index in [4.69, 9.17) is 11.6 Å². The Labute approximate surface area is 129 Å². The highest BCUT2D eigenvalue weighted by Crippen LogP contribution is 2.22.